The summed E-state index contributed by atoms with van der Waals surface area (Å²) >= 11 is 2.99. The maximum absolute atomic E-state index is 11.0. The van der Waals surface area contributed by atoms with Gasteiger partial charge in [0.15, 0.2) is 5.17 Å². The Labute approximate surface area is 148 Å². The highest BCUT2D eigenvalue weighted by molar-refractivity contribution is 8.15. The van der Waals surface area contributed by atoms with Crippen molar-refractivity contribution in [2.75, 3.05) is 12.0 Å². The zero-order valence-corrected chi connectivity index (χ0v) is 14.5. The highest BCUT2D eigenvalue weighted by Gasteiger charge is 2.15. The predicted octanol–water partition coefficient (Wildman–Crippen LogP) is 3.33. The number of aromatic hydroxyl groups is 1. The second-order valence-corrected chi connectivity index (χ2v) is 6.83. The maximum Gasteiger partial charge on any atom is 0.236 e. The van der Waals surface area contributed by atoms with Crippen LogP contribution >= 0.6 is 23.5 Å². The molecule has 2 aromatic carbocycles. The van der Waals surface area contributed by atoms with Gasteiger partial charge < -0.3 is 10.4 Å². The fourth-order valence-corrected chi connectivity index (χ4v) is 3.18. The molecule has 5 nitrogen and oxygen atoms in total. The highest BCUT2D eigenvalue weighted by atomic mass is 32.2. The van der Waals surface area contributed by atoms with E-state index in [9.17, 15) is 9.90 Å². The lowest BCUT2D eigenvalue weighted by atomic mass is 10.0. The van der Waals surface area contributed by atoms with Gasteiger partial charge in [0.25, 0.3) is 0 Å². The summed E-state index contributed by atoms with van der Waals surface area (Å²) in [5.41, 5.74) is 2.54. The topological polar surface area (TPSA) is 74.0 Å². The monoisotopic (exact) mass is 357 g/mol. The van der Waals surface area contributed by atoms with Gasteiger partial charge in [-0.25, -0.2) is 0 Å². The number of hydrogen-bond acceptors (Lipinski definition) is 6. The number of carbonyl (C=O) groups is 1. The van der Waals surface area contributed by atoms with Gasteiger partial charge in [0, 0.05) is 10.5 Å². The highest BCUT2D eigenvalue weighted by Crippen LogP contribution is 2.27. The summed E-state index contributed by atoms with van der Waals surface area (Å²) in [6, 6.07) is 13.6. The summed E-state index contributed by atoms with van der Waals surface area (Å²) in [4.78, 5) is 12.2. The molecule has 0 bridgehead atoms. The second kappa shape index (κ2) is 7.55. The Morgan fingerprint density at radius 2 is 1.96 bits per heavy atom. The first-order chi connectivity index (χ1) is 11.7. The number of amides is 1. The molecule has 0 aromatic heterocycles. The summed E-state index contributed by atoms with van der Waals surface area (Å²) < 4.78 is 0. The van der Waals surface area contributed by atoms with E-state index in [1.165, 1.54) is 22.9 Å². The first kappa shape index (κ1) is 16.6. The van der Waals surface area contributed by atoms with Crippen LogP contribution in [0.3, 0.4) is 0 Å². The molecule has 2 N–H and O–H groups in total. The second-order valence-electron chi connectivity index (χ2n) is 4.99. The molecule has 1 fully saturated rings. The molecular formula is C17H15N3O2S2. The number of thioether (sulfide) groups is 2. The van der Waals surface area contributed by atoms with Gasteiger partial charge in [-0.2, -0.15) is 5.10 Å². The summed E-state index contributed by atoms with van der Waals surface area (Å²) in [6.07, 6.45) is 3.50. The van der Waals surface area contributed by atoms with Crippen molar-refractivity contribution in [3.8, 4) is 16.9 Å². The third-order valence-electron chi connectivity index (χ3n) is 3.39. The third-order valence-corrected chi connectivity index (χ3v) is 4.99. The summed E-state index contributed by atoms with van der Waals surface area (Å²) in [6.45, 7) is 0. The summed E-state index contributed by atoms with van der Waals surface area (Å²) in [5.74, 6) is 0.422. The zero-order valence-electron chi connectivity index (χ0n) is 12.9. The zero-order chi connectivity index (χ0) is 16.9. The Hall–Kier alpha value is -2.25. The van der Waals surface area contributed by atoms with Crippen LogP contribution < -0.4 is 5.32 Å². The Bertz CT molecular complexity index is 817. The maximum atomic E-state index is 11.0. The van der Waals surface area contributed by atoms with Crippen LogP contribution in [-0.4, -0.2) is 34.4 Å². The van der Waals surface area contributed by atoms with E-state index in [1.807, 2.05) is 24.5 Å². The van der Waals surface area contributed by atoms with Gasteiger partial charge in [-0.05, 0) is 41.6 Å². The standard InChI is InChI=1S/C17H15N3O2S2/c1-23-14-6-4-11(5-7-14)12-2-3-13(15(21)8-12)9-18-20-17-19-16(22)10-24-17/h2-9,21H,10H2,1H3,(H,19,20,22). The molecule has 7 heteroatoms. The fourth-order valence-electron chi connectivity index (χ4n) is 2.14. The average molecular weight is 357 g/mol. The lowest BCUT2D eigenvalue weighted by molar-refractivity contribution is -0.116. The third kappa shape index (κ3) is 3.98. The largest absolute Gasteiger partial charge is 0.507 e. The molecule has 0 aliphatic carbocycles. The Kier molecular flexibility index (Phi) is 5.22. The van der Waals surface area contributed by atoms with Gasteiger partial charge in [0.2, 0.25) is 5.91 Å². The molecule has 122 valence electrons. The number of benzene rings is 2. The smallest absolute Gasteiger partial charge is 0.236 e. The van der Waals surface area contributed by atoms with Gasteiger partial charge in [-0.15, -0.1) is 16.9 Å². The molecule has 0 spiro atoms. The van der Waals surface area contributed by atoms with Crippen LogP contribution in [-0.2, 0) is 4.79 Å². The molecular weight excluding hydrogens is 342 g/mol. The van der Waals surface area contributed by atoms with Crippen molar-refractivity contribution in [1.82, 2.24) is 5.32 Å². The van der Waals surface area contributed by atoms with E-state index >= 15 is 0 Å². The van der Waals surface area contributed by atoms with E-state index in [2.05, 4.69) is 27.7 Å². The van der Waals surface area contributed by atoms with Crippen molar-refractivity contribution in [3.63, 3.8) is 0 Å². The molecule has 0 saturated carbocycles. The minimum atomic E-state index is -0.0753. The van der Waals surface area contributed by atoms with Gasteiger partial charge in [-0.3, -0.25) is 4.79 Å². The van der Waals surface area contributed by atoms with Gasteiger partial charge >= 0.3 is 0 Å². The number of phenols is 1. The van der Waals surface area contributed by atoms with Crippen LogP contribution in [0.15, 0.2) is 57.6 Å². The lowest BCUT2D eigenvalue weighted by Gasteiger charge is -2.05. The minimum Gasteiger partial charge on any atom is -0.507 e. The average Bonchev–Trinajstić information content (AvgIpc) is 3.02. The van der Waals surface area contributed by atoms with Crippen molar-refractivity contribution in [3.05, 3.63) is 48.0 Å². The van der Waals surface area contributed by atoms with Crippen molar-refractivity contribution < 1.29 is 9.90 Å². The number of nitrogens with zero attached hydrogens (tertiary/aromatic N) is 2. The van der Waals surface area contributed by atoms with Crippen molar-refractivity contribution in [2.45, 2.75) is 4.90 Å². The molecule has 1 amide bonds. The molecule has 0 unspecified atom stereocenters. The van der Waals surface area contributed by atoms with Crippen molar-refractivity contribution >= 4 is 40.8 Å². The molecule has 1 aliphatic rings. The number of hydrogen-bond donors (Lipinski definition) is 2. The minimum absolute atomic E-state index is 0.0753. The fraction of sp³-hybridized carbons (Fsp3) is 0.118. The number of carbonyl (C=O) groups excluding carboxylic acids is 1. The van der Waals surface area contributed by atoms with Crippen LogP contribution in [0.2, 0.25) is 0 Å². The first-order valence-electron chi connectivity index (χ1n) is 7.17. The molecule has 1 aliphatic heterocycles. The van der Waals surface area contributed by atoms with E-state index in [-0.39, 0.29) is 11.7 Å². The number of nitrogens with one attached hydrogen (secondary N) is 1. The van der Waals surface area contributed by atoms with Crippen molar-refractivity contribution in [2.24, 2.45) is 10.2 Å². The van der Waals surface area contributed by atoms with E-state index in [0.29, 0.717) is 16.5 Å². The van der Waals surface area contributed by atoms with E-state index in [0.717, 1.165) is 11.1 Å². The van der Waals surface area contributed by atoms with Gasteiger partial charge in [0.1, 0.15) is 5.75 Å². The Morgan fingerprint density at radius 3 is 2.58 bits per heavy atom. The number of rotatable bonds is 4. The summed E-state index contributed by atoms with van der Waals surface area (Å²) in [5, 5.41) is 21.1. The SMILES string of the molecule is CSc1ccc(-c2ccc(C=NN=C3NC(=O)CS3)c(O)c2)cc1. The molecule has 1 heterocycles. The molecule has 1 saturated heterocycles. The van der Waals surface area contributed by atoms with Gasteiger partial charge in [0.05, 0.1) is 12.0 Å². The van der Waals surface area contributed by atoms with E-state index < -0.39 is 0 Å². The van der Waals surface area contributed by atoms with Crippen LogP contribution in [0.1, 0.15) is 5.56 Å². The molecule has 2 aromatic rings. The van der Waals surface area contributed by atoms with Crippen molar-refractivity contribution in [1.29, 1.82) is 0 Å². The molecule has 24 heavy (non-hydrogen) atoms. The normalized spacial score (nSPS) is 16.0. The Balaban J connectivity index is 1.75. The van der Waals surface area contributed by atoms with Crippen LogP contribution in [0.4, 0.5) is 0 Å². The van der Waals surface area contributed by atoms with Crippen LogP contribution in [0.5, 0.6) is 5.75 Å². The summed E-state index contributed by atoms with van der Waals surface area (Å²) in [7, 11) is 0. The van der Waals surface area contributed by atoms with E-state index in [4.69, 9.17) is 0 Å². The first-order valence-corrected chi connectivity index (χ1v) is 9.38. The van der Waals surface area contributed by atoms with Gasteiger partial charge in [-0.1, -0.05) is 30.0 Å². The van der Waals surface area contributed by atoms with Crippen LogP contribution in [0.25, 0.3) is 11.1 Å². The van der Waals surface area contributed by atoms with Crippen LogP contribution in [0, 0.1) is 0 Å². The number of phenolic OH excluding ortho intramolecular Hbond substituents is 1. The molecule has 0 atom stereocenters. The molecule has 0 radical (unpaired) electrons. The quantitative estimate of drug-likeness (QED) is 0.500. The predicted molar refractivity (Wildman–Crippen MR) is 101 cm³/mol. The van der Waals surface area contributed by atoms with E-state index in [1.54, 1.807) is 23.9 Å². The lowest BCUT2D eigenvalue weighted by Crippen LogP contribution is -2.19. The molecule has 3 rings (SSSR count). The number of amidine groups is 1. The Morgan fingerprint density at radius 1 is 1.21 bits per heavy atom.